The lowest BCUT2D eigenvalue weighted by molar-refractivity contribution is 1.11. The molecular weight excluding hydrogens is 268 g/mol. The number of hydrogen-bond acceptors (Lipinski definition) is 5. The van der Waals surface area contributed by atoms with Crippen molar-refractivity contribution in [1.29, 1.82) is 0 Å². The molecular formula is C15H14N4S. The lowest BCUT2D eigenvalue weighted by atomic mass is 10.2. The quantitative estimate of drug-likeness (QED) is 0.454. The van der Waals surface area contributed by atoms with Crippen molar-refractivity contribution in [3.05, 3.63) is 48.5 Å². The van der Waals surface area contributed by atoms with E-state index in [4.69, 9.17) is 0 Å². The molecule has 2 aromatic carbocycles. The highest BCUT2D eigenvalue weighted by molar-refractivity contribution is 7.78. The maximum atomic E-state index is 4.68. The van der Waals surface area contributed by atoms with Gasteiger partial charge in [0.15, 0.2) is 0 Å². The van der Waals surface area contributed by atoms with Crippen molar-refractivity contribution in [3.8, 4) is 0 Å². The Morgan fingerprint density at radius 3 is 2.35 bits per heavy atom. The van der Waals surface area contributed by atoms with Crippen molar-refractivity contribution in [2.45, 2.75) is 0 Å². The molecule has 0 aromatic heterocycles. The normalized spacial score (nSPS) is 10.3. The van der Waals surface area contributed by atoms with Crippen LogP contribution in [-0.2, 0) is 0 Å². The number of thiocarbonyl (C=S) groups is 1. The molecule has 0 saturated carbocycles. The van der Waals surface area contributed by atoms with E-state index < -0.39 is 0 Å². The van der Waals surface area contributed by atoms with E-state index in [0.29, 0.717) is 11.4 Å². The maximum absolute atomic E-state index is 4.68. The summed E-state index contributed by atoms with van der Waals surface area (Å²) in [7, 11) is 3.89. The molecule has 0 atom stereocenters. The summed E-state index contributed by atoms with van der Waals surface area (Å²) in [6.07, 6.45) is 0. The van der Waals surface area contributed by atoms with Gasteiger partial charge in [0.05, 0.1) is 16.5 Å². The van der Waals surface area contributed by atoms with Crippen molar-refractivity contribution in [2.24, 2.45) is 15.2 Å². The molecule has 0 saturated heterocycles. The third-order valence-corrected chi connectivity index (χ3v) is 2.75. The Balaban J connectivity index is 2.48. The second kappa shape index (κ2) is 6.70. The molecule has 0 aliphatic carbocycles. The van der Waals surface area contributed by atoms with Gasteiger partial charge >= 0.3 is 0 Å². The van der Waals surface area contributed by atoms with E-state index in [0.717, 1.165) is 11.4 Å². The molecule has 0 N–H and O–H groups in total. The molecule has 0 heterocycles. The van der Waals surface area contributed by atoms with Gasteiger partial charge in [-0.05, 0) is 36.5 Å². The number of aliphatic imine (C=N–C) groups is 1. The molecule has 0 spiro atoms. The number of nitrogens with zero attached hydrogens (tertiary/aromatic N) is 4. The molecule has 0 unspecified atom stereocenters. The fraction of sp³-hybridized carbons (Fsp3) is 0.133. The summed E-state index contributed by atoms with van der Waals surface area (Å²) in [5.74, 6) is 0. The van der Waals surface area contributed by atoms with Crippen LogP contribution < -0.4 is 4.90 Å². The molecule has 0 amide bonds. The van der Waals surface area contributed by atoms with Gasteiger partial charge < -0.3 is 4.90 Å². The highest BCUT2D eigenvalue weighted by atomic mass is 32.1. The Hall–Kier alpha value is -2.36. The highest BCUT2D eigenvalue weighted by Crippen LogP contribution is 2.37. The number of benzene rings is 2. The Kier molecular flexibility index (Phi) is 4.71. The molecule has 2 rings (SSSR count). The van der Waals surface area contributed by atoms with Crippen LogP contribution >= 0.6 is 12.2 Å². The number of rotatable bonds is 4. The van der Waals surface area contributed by atoms with Crippen LogP contribution in [0.5, 0.6) is 0 Å². The van der Waals surface area contributed by atoms with Crippen molar-refractivity contribution in [3.63, 3.8) is 0 Å². The van der Waals surface area contributed by atoms with Gasteiger partial charge in [0, 0.05) is 14.1 Å². The predicted molar refractivity (Wildman–Crippen MR) is 86.1 cm³/mol. The van der Waals surface area contributed by atoms with Crippen LogP contribution in [0.1, 0.15) is 0 Å². The first kappa shape index (κ1) is 14.1. The first-order chi connectivity index (χ1) is 9.72. The van der Waals surface area contributed by atoms with E-state index in [-0.39, 0.29) is 0 Å². The molecule has 4 nitrogen and oxygen atoms in total. The van der Waals surface area contributed by atoms with Gasteiger partial charge in [-0.2, -0.15) is 10.1 Å². The summed E-state index contributed by atoms with van der Waals surface area (Å²) in [5.41, 5.74) is 3.05. The molecule has 0 aliphatic rings. The Bertz CT molecular complexity index is 659. The minimum Gasteiger partial charge on any atom is -0.376 e. The third-order valence-electron chi connectivity index (χ3n) is 2.66. The van der Waals surface area contributed by atoms with E-state index in [1.54, 1.807) is 0 Å². The zero-order chi connectivity index (χ0) is 14.4. The molecule has 0 aliphatic heterocycles. The van der Waals surface area contributed by atoms with E-state index in [1.807, 2.05) is 67.5 Å². The molecule has 100 valence electrons. The fourth-order valence-corrected chi connectivity index (χ4v) is 1.82. The number of azo groups is 1. The van der Waals surface area contributed by atoms with Gasteiger partial charge in [0.1, 0.15) is 11.4 Å². The van der Waals surface area contributed by atoms with Gasteiger partial charge in [0.25, 0.3) is 0 Å². The third kappa shape index (κ3) is 3.35. The largest absolute Gasteiger partial charge is 0.376 e. The summed E-state index contributed by atoms with van der Waals surface area (Å²) in [6.45, 7) is 0. The summed E-state index contributed by atoms with van der Waals surface area (Å²) in [6, 6.07) is 15.3. The summed E-state index contributed by atoms with van der Waals surface area (Å²) in [4.78, 5) is 6.01. The fourth-order valence-electron chi connectivity index (χ4n) is 1.72. The lowest BCUT2D eigenvalue weighted by Gasteiger charge is -2.15. The minimum atomic E-state index is 0.658. The molecule has 0 fully saturated rings. The first-order valence-electron chi connectivity index (χ1n) is 6.07. The van der Waals surface area contributed by atoms with Crippen LogP contribution in [0.4, 0.5) is 22.7 Å². The van der Waals surface area contributed by atoms with Crippen LogP contribution in [0, 0.1) is 0 Å². The number of isothiocyanates is 1. The van der Waals surface area contributed by atoms with E-state index >= 15 is 0 Å². The first-order valence-corrected chi connectivity index (χ1v) is 6.48. The van der Waals surface area contributed by atoms with Crippen molar-refractivity contribution in [2.75, 3.05) is 19.0 Å². The predicted octanol–water partition coefficient (Wildman–Crippen LogP) is 4.90. The van der Waals surface area contributed by atoms with Gasteiger partial charge in [-0.25, -0.2) is 0 Å². The van der Waals surface area contributed by atoms with Gasteiger partial charge in [-0.15, -0.1) is 5.11 Å². The van der Waals surface area contributed by atoms with E-state index in [2.05, 4.69) is 32.6 Å². The smallest absolute Gasteiger partial charge is 0.135 e. The zero-order valence-corrected chi connectivity index (χ0v) is 12.1. The van der Waals surface area contributed by atoms with Gasteiger partial charge in [0.2, 0.25) is 0 Å². The van der Waals surface area contributed by atoms with Crippen LogP contribution in [0.2, 0.25) is 0 Å². The average molecular weight is 282 g/mol. The van der Waals surface area contributed by atoms with Gasteiger partial charge in [-0.1, -0.05) is 24.3 Å². The SMILES string of the molecule is CN(C)c1cccc(N=C=S)c1N=Nc1ccccc1. The number of hydrogen-bond donors (Lipinski definition) is 0. The van der Waals surface area contributed by atoms with Crippen LogP contribution in [0.25, 0.3) is 0 Å². The van der Waals surface area contributed by atoms with E-state index in [1.165, 1.54) is 0 Å². The molecule has 0 radical (unpaired) electrons. The summed E-state index contributed by atoms with van der Waals surface area (Å²) >= 11 is 4.68. The second-order valence-electron chi connectivity index (χ2n) is 4.28. The van der Waals surface area contributed by atoms with E-state index in [9.17, 15) is 0 Å². The van der Waals surface area contributed by atoms with Crippen LogP contribution in [0.3, 0.4) is 0 Å². The van der Waals surface area contributed by atoms with Crippen molar-refractivity contribution >= 4 is 40.1 Å². The molecule has 0 bridgehead atoms. The molecule has 2 aromatic rings. The molecule has 5 heteroatoms. The molecule has 20 heavy (non-hydrogen) atoms. The van der Waals surface area contributed by atoms with Crippen LogP contribution in [0.15, 0.2) is 63.8 Å². The number of anilines is 1. The monoisotopic (exact) mass is 282 g/mol. The topological polar surface area (TPSA) is 40.3 Å². The minimum absolute atomic E-state index is 0.658. The Morgan fingerprint density at radius 1 is 0.950 bits per heavy atom. The van der Waals surface area contributed by atoms with Gasteiger partial charge in [-0.3, -0.25) is 0 Å². The average Bonchev–Trinajstić information content (AvgIpc) is 2.47. The zero-order valence-electron chi connectivity index (χ0n) is 11.3. The van der Waals surface area contributed by atoms with Crippen molar-refractivity contribution in [1.82, 2.24) is 0 Å². The Labute approximate surface area is 123 Å². The second-order valence-corrected chi connectivity index (χ2v) is 4.46. The maximum Gasteiger partial charge on any atom is 0.135 e. The summed E-state index contributed by atoms with van der Waals surface area (Å²) < 4.78 is 0. The standard InChI is InChI=1S/C15H14N4S/c1-19(2)14-10-6-9-13(16-11-20)15(14)18-17-12-7-4-3-5-8-12/h3-10H,1-2H3. The summed E-state index contributed by atoms with van der Waals surface area (Å²) in [5, 5.41) is 10.9. The Morgan fingerprint density at radius 2 is 1.70 bits per heavy atom. The van der Waals surface area contributed by atoms with Crippen molar-refractivity contribution < 1.29 is 0 Å². The van der Waals surface area contributed by atoms with Crippen LogP contribution in [-0.4, -0.2) is 19.3 Å². The highest BCUT2D eigenvalue weighted by Gasteiger charge is 2.09. The lowest BCUT2D eigenvalue weighted by Crippen LogP contribution is -2.08.